The first kappa shape index (κ1) is 25.2. The molecule has 0 aliphatic carbocycles. The molecule has 1 aromatic carbocycles. The van der Waals surface area contributed by atoms with Crippen molar-refractivity contribution < 1.29 is 23.8 Å². The van der Waals surface area contributed by atoms with Gasteiger partial charge in [-0.1, -0.05) is 24.8 Å². The summed E-state index contributed by atoms with van der Waals surface area (Å²) in [4.78, 5) is 24.2. The number of carbonyl (C=O) groups excluding carboxylic acids is 2. The van der Waals surface area contributed by atoms with Crippen LogP contribution in [0.4, 0.5) is 0 Å². The van der Waals surface area contributed by atoms with Gasteiger partial charge < -0.3 is 24.8 Å². The summed E-state index contributed by atoms with van der Waals surface area (Å²) in [5.74, 6) is -1.67. The molecule has 1 unspecified atom stereocenters. The molecule has 8 nitrogen and oxygen atoms in total. The van der Waals surface area contributed by atoms with Gasteiger partial charge in [0, 0.05) is 18.8 Å². The molecule has 3 rings (SSSR count). The minimum Gasteiger partial charge on any atom is -0.465 e. The molecule has 2 N–H and O–H groups in total. The van der Waals surface area contributed by atoms with Gasteiger partial charge in [-0.2, -0.15) is 5.26 Å². The summed E-state index contributed by atoms with van der Waals surface area (Å²) in [6, 6.07) is 8.61. The average molecular weight is 458 g/mol. The Morgan fingerprint density at radius 1 is 1.28 bits per heavy atom. The molecule has 0 saturated carbocycles. The standard InChI is InChI=1S/C19H18N2O4S.C4H9NO/c1-4-9-25-19(23)15-11(2)21-17(26)14(10-20)16(15)12-5-7-13(8-6-12)18(22)24-3;1-3-6-4-2-5-1/h4-8,16,21,26H,1,9H2,2-3H3;5H,1-4H2. The Morgan fingerprint density at radius 2 is 1.94 bits per heavy atom. The number of carbonyl (C=O) groups is 2. The van der Waals surface area contributed by atoms with Crippen LogP contribution in [0.2, 0.25) is 0 Å². The van der Waals surface area contributed by atoms with Crippen LogP contribution in [0, 0.1) is 11.3 Å². The summed E-state index contributed by atoms with van der Waals surface area (Å²) >= 11 is 4.32. The van der Waals surface area contributed by atoms with Crippen LogP contribution in [0.25, 0.3) is 0 Å². The van der Waals surface area contributed by atoms with Gasteiger partial charge in [-0.05, 0) is 24.6 Å². The number of methoxy groups -OCH3 is 1. The van der Waals surface area contributed by atoms with E-state index in [1.54, 1.807) is 31.2 Å². The monoisotopic (exact) mass is 457 g/mol. The number of allylic oxidation sites excluding steroid dienone is 2. The number of rotatable bonds is 5. The predicted octanol–water partition coefficient (Wildman–Crippen LogP) is 2.43. The van der Waals surface area contributed by atoms with Crippen molar-refractivity contribution in [1.29, 1.82) is 5.26 Å². The molecule has 1 aromatic rings. The maximum Gasteiger partial charge on any atom is 0.337 e. The zero-order chi connectivity index (χ0) is 23.5. The van der Waals surface area contributed by atoms with E-state index in [0.717, 1.165) is 26.3 Å². The molecule has 1 saturated heterocycles. The second-order valence-electron chi connectivity index (χ2n) is 6.83. The lowest BCUT2D eigenvalue weighted by molar-refractivity contribution is -0.138. The van der Waals surface area contributed by atoms with Crippen molar-refractivity contribution in [1.82, 2.24) is 10.6 Å². The molecular weight excluding hydrogens is 430 g/mol. The third-order valence-electron chi connectivity index (χ3n) is 4.73. The Labute approximate surface area is 193 Å². The Bertz CT molecular complexity index is 932. The van der Waals surface area contributed by atoms with E-state index >= 15 is 0 Å². The van der Waals surface area contributed by atoms with Crippen LogP contribution in [0.3, 0.4) is 0 Å². The van der Waals surface area contributed by atoms with Gasteiger partial charge in [0.05, 0.1) is 54.0 Å². The molecule has 32 heavy (non-hydrogen) atoms. The molecule has 170 valence electrons. The van der Waals surface area contributed by atoms with Gasteiger partial charge in [0.2, 0.25) is 0 Å². The summed E-state index contributed by atoms with van der Waals surface area (Å²) in [5, 5.41) is 16.0. The highest BCUT2D eigenvalue weighted by atomic mass is 32.1. The van der Waals surface area contributed by atoms with E-state index in [1.165, 1.54) is 13.2 Å². The minimum absolute atomic E-state index is 0.0585. The van der Waals surface area contributed by atoms with E-state index < -0.39 is 17.9 Å². The Kier molecular flexibility index (Phi) is 10.0. The molecule has 1 fully saturated rings. The Hall–Kier alpha value is -3.06. The van der Waals surface area contributed by atoms with E-state index in [-0.39, 0.29) is 12.2 Å². The highest BCUT2D eigenvalue weighted by Gasteiger charge is 2.34. The summed E-state index contributed by atoms with van der Waals surface area (Å²) in [7, 11) is 1.30. The van der Waals surface area contributed by atoms with Crippen molar-refractivity contribution in [3.8, 4) is 6.07 Å². The number of hydrogen-bond donors (Lipinski definition) is 3. The maximum absolute atomic E-state index is 12.5. The topological polar surface area (TPSA) is 110 Å². The molecule has 9 heteroatoms. The van der Waals surface area contributed by atoms with E-state index in [2.05, 4.69) is 40.6 Å². The first-order chi connectivity index (χ1) is 15.4. The maximum atomic E-state index is 12.5. The second kappa shape index (κ2) is 12.7. The summed E-state index contributed by atoms with van der Waals surface area (Å²) in [6.07, 6.45) is 1.47. The zero-order valence-corrected chi connectivity index (χ0v) is 19.0. The number of ether oxygens (including phenoxy) is 3. The Balaban J connectivity index is 0.000000520. The smallest absolute Gasteiger partial charge is 0.337 e. The number of benzene rings is 1. The summed E-state index contributed by atoms with van der Waals surface area (Å²) in [6.45, 7) is 9.13. The lowest BCUT2D eigenvalue weighted by Gasteiger charge is -2.28. The van der Waals surface area contributed by atoms with Crippen molar-refractivity contribution in [3.63, 3.8) is 0 Å². The fraction of sp³-hybridized carbons (Fsp3) is 0.348. The average Bonchev–Trinajstić information content (AvgIpc) is 2.83. The van der Waals surface area contributed by atoms with Gasteiger partial charge in [0.1, 0.15) is 6.61 Å². The van der Waals surface area contributed by atoms with Crippen LogP contribution < -0.4 is 10.6 Å². The molecule has 0 bridgehead atoms. The molecule has 0 radical (unpaired) electrons. The number of nitrogens with one attached hydrogen (secondary N) is 2. The van der Waals surface area contributed by atoms with Crippen LogP contribution in [0.5, 0.6) is 0 Å². The fourth-order valence-corrected chi connectivity index (χ4v) is 3.54. The molecule has 2 aliphatic heterocycles. The van der Waals surface area contributed by atoms with Gasteiger partial charge in [0.15, 0.2) is 0 Å². The number of esters is 2. The number of nitriles is 1. The van der Waals surface area contributed by atoms with E-state index in [0.29, 0.717) is 27.4 Å². The van der Waals surface area contributed by atoms with Gasteiger partial charge in [-0.15, -0.1) is 12.6 Å². The number of thiol groups is 1. The van der Waals surface area contributed by atoms with Crippen molar-refractivity contribution in [2.24, 2.45) is 0 Å². The molecule has 2 aliphatic rings. The minimum atomic E-state index is -0.655. The summed E-state index contributed by atoms with van der Waals surface area (Å²) in [5.41, 5.74) is 2.18. The normalized spacial score (nSPS) is 17.9. The largest absolute Gasteiger partial charge is 0.465 e. The van der Waals surface area contributed by atoms with Gasteiger partial charge in [-0.25, -0.2) is 9.59 Å². The first-order valence-electron chi connectivity index (χ1n) is 10.00. The van der Waals surface area contributed by atoms with Crippen LogP contribution in [-0.2, 0) is 19.0 Å². The molecular formula is C23H27N3O5S. The van der Waals surface area contributed by atoms with E-state index in [1.807, 2.05) is 0 Å². The van der Waals surface area contributed by atoms with E-state index in [9.17, 15) is 14.9 Å². The lowest BCUT2D eigenvalue weighted by Crippen LogP contribution is -2.30. The van der Waals surface area contributed by atoms with Crippen molar-refractivity contribution in [2.45, 2.75) is 12.8 Å². The second-order valence-corrected chi connectivity index (χ2v) is 7.28. The molecule has 0 aromatic heterocycles. The Morgan fingerprint density at radius 3 is 2.41 bits per heavy atom. The highest BCUT2D eigenvalue weighted by molar-refractivity contribution is 7.84. The number of hydrogen-bond acceptors (Lipinski definition) is 9. The third-order valence-corrected chi connectivity index (χ3v) is 5.08. The van der Waals surface area contributed by atoms with Gasteiger partial charge in [-0.3, -0.25) is 0 Å². The number of dihydropyridines is 1. The molecule has 0 amide bonds. The number of morpholine rings is 1. The van der Waals surface area contributed by atoms with Crippen LogP contribution >= 0.6 is 12.6 Å². The first-order valence-corrected chi connectivity index (χ1v) is 10.4. The van der Waals surface area contributed by atoms with Crippen molar-refractivity contribution >= 4 is 24.6 Å². The van der Waals surface area contributed by atoms with E-state index in [4.69, 9.17) is 9.47 Å². The van der Waals surface area contributed by atoms with Crippen LogP contribution in [0.1, 0.15) is 28.8 Å². The van der Waals surface area contributed by atoms with Crippen LogP contribution in [-0.4, -0.2) is 52.0 Å². The predicted molar refractivity (Wildman–Crippen MR) is 123 cm³/mol. The quantitative estimate of drug-likeness (QED) is 0.351. The van der Waals surface area contributed by atoms with Crippen molar-refractivity contribution in [3.05, 3.63) is 69.9 Å². The third kappa shape index (κ3) is 6.47. The molecule has 1 atom stereocenters. The SMILES string of the molecule is C1COCCN1.C=CCOC(=O)C1=C(C)NC(S)=C(C#N)C1c1ccc(C(=O)OC)cc1. The van der Waals surface area contributed by atoms with Gasteiger partial charge >= 0.3 is 11.9 Å². The van der Waals surface area contributed by atoms with Gasteiger partial charge in [0.25, 0.3) is 0 Å². The fourth-order valence-electron chi connectivity index (χ4n) is 3.19. The zero-order valence-electron chi connectivity index (χ0n) is 18.1. The lowest BCUT2D eigenvalue weighted by atomic mass is 9.82. The highest BCUT2D eigenvalue weighted by Crippen LogP contribution is 2.39. The molecule has 0 spiro atoms. The number of nitrogens with zero attached hydrogens (tertiary/aromatic N) is 1. The summed E-state index contributed by atoms with van der Waals surface area (Å²) < 4.78 is 14.9. The van der Waals surface area contributed by atoms with Crippen molar-refractivity contribution in [2.75, 3.05) is 40.0 Å². The molecule has 2 heterocycles. The van der Waals surface area contributed by atoms with Crippen LogP contribution in [0.15, 0.2) is 58.8 Å².